The lowest BCUT2D eigenvalue weighted by atomic mass is 10.0. The minimum atomic E-state index is 0.645. The Morgan fingerprint density at radius 2 is 2.24 bits per heavy atom. The molecule has 1 heterocycles. The van der Waals surface area contributed by atoms with Gasteiger partial charge in [-0.15, -0.1) is 0 Å². The molecular weight excluding hydrogens is 284 g/mol. The van der Waals surface area contributed by atoms with Crippen LogP contribution in [-0.4, -0.2) is 32.8 Å². The zero-order valence-corrected chi connectivity index (χ0v) is 14.1. The maximum absolute atomic E-state index is 6.45. The zero-order chi connectivity index (χ0) is 15.2. The molecular formula is C17H27ClN2O. The molecule has 21 heavy (non-hydrogen) atoms. The van der Waals surface area contributed by atoms with Gasteiger partial charge >= 0.3 is 0 Å². The van der Waals surface area contributed by atoms with Gasteiger partial charge in [-0.3, -0.25) is 0 Å². The van der Waals surface area contributed by atoms with Crippen LogP contribution in [0.25, 0.3) is 0 Å². The highest BCUT2D eigenvalue weighted by atomic mass is 35.5. The molecule has 1 N–H and O–H groups in total. The average molecular weight is 311 g/mol. The van der Waals surface area contributed by atoms with Crippen molar-refractivity contribution >= 4 is 17.3 Å². The first kappa shape index (κ1) is 16.6. The molecule has 1 fully saturated rings. The van der Waals surface area contributed by atoms with E-state index >= 15 is 0 Å². The number of nitrogens with zero attached hydrogens (tertiary/aromatic N) is 1. The second kappa shape index (κ2) is 8.02. The Labute approximate surface area is 133 Å². The van der Waals surface area contributed by atoms with Gasteiger partial charge in [0, 0.05) is 43.5 Å². The fourth-order valence-electron chi connectivity index (χ4n) is 3.06. The standard InChI is InChI=1S/C17H27ClN2O/c1-13(2)17-5-4-9-20(17)15-7-6-14(16(18)11-15)12-19-8-10-21-3/h6-7,11,13,17,19H,4-5,8-10,12H2,1-3H3. The molecule has 0 aromatic heterocycles. The molecule has 1 unspecified atom stereocenters. The van der Waals surface area contributed by atoms with Gasteiger partial charge in [0.15, 0.2) is 0 Å². The minimum Gasteiger partial charge on any atom is -0.383 e. The van der Waals surface area contributed by atoms with E-state index in [9.17, 15) is 0 Å². The van der Waals surface area contributed by atoms with Gasteiger partial charge in [0.25, 0.3) is 0 Å². The van der Waals surface area contributed by atoms with Crippen molar-refractivity contribution in [2.45, 2.75) is 39.3 Å². The number of hydrogen-bond donors (Lipinski definition) is 1. The van der Waals surface area contributed by atoms with E-state index in [-0.39, 0.29) is 0 Å². The fraction of sp³-hybridized carbons (Fsp3) is 0.647. The van der Waals surface area contributed by atoms with Crippen molar-refractivity contribution < 1.29 is 4.74 Å². The van der Waals surface area contributed by atoms with Crippen LogP contribution in [0.2, 0.25) is 5.02 Å². The molecule has 1 aromatic carbocycles. The van der Waals surface area contributed by atoms with Crippen molar-refractivity contribution in [2.75, 3.05) is 31.7 Å². The van der Waals surface area contributed by atoms with Crippen molar-refractivity contribution in [3.05, 3.63) is 28.8 Å². The maximum atomic E-state index is 6.45. The van der Waals surface area contributed by atoms with Gasteiger partial charge in [-0.1, -0.05) is 31.5 Å². The number of ether oxygens (including phenoxy) is 1. The first-order valence-corrected chi connectivity index (χ1v) is 8.26. The molecule has 0 bridgehead atoms. The van der Waals surface area contributed by atoms with E-state index in [4.69, 9.17) is 16.3 Å². The van der Waals surface area contributed by atoms with Crippen LogP contribution in [0.15, 0.2) is 18.2 Å². The summed E-state index contributed by atoms with van der Waals surface area (Å²) in [7, 11) is 1.71. The minimum absolute atomic E-state index is 0.645. The van der Waals surface area contributed by atoms with Gasteiger partial charge in [-0.25, -0.2) is 0 Å². The Balaban J connectivity index is 2.01. The number of nitrogens with one attached hydrogen (secondary N) is 1. The predicted molar refractivity (Wildman–Crippen MR) is 90.2 cm³/mol. The second-order valence-electron chi connectivity index (χ2n) is 6.09. The van der Waals surface area contributed by atoms with Gasteiger partial charge in [-0.2, -0.15) is 0 Å². The van der Waals surface area contributed by atoms with E-state index in [2.05, 4.69) is 42.3 Å². The number of anilines is 1. The van der Waals surface area contributed by atoms with Crippen molar-refractivity contribution in [3.63, 3.8) is 0 Å². The van der Waals surface area contributed by atoms with E-state index in [0.717, 1.165) is 36.8 Å². The molecule has 118 valence electrons. The normalized spacial score (nSPS) is 18.7. The highest BCUT2D eigenvalue weighted by Crippen LogP contribution is 2.32. The summed E-state index contributed by atoms with van der Waals surface area (Å²) in [4.78, 5) is 2.51. The third-order valence-electron chi connectivity index (χ3n) is 4.24. The Bertz CT molecular complexity index is 450. The molecule has 3 nitrogen and oxygen atoms in total. The lowest BCUT2D eigenvalue weighted by Gasteiger charge is -2.30. The summed E-state index contributed by atoms with van der Waals surface area (Å²) in [6, 6.07) is 7.12. The van der Waals surface area contributed by atoms with E-state index in [1.165, 1.54) is 18.5 Å². The van der Waals surface area contributed by atoms with Crippen LogP contribution in [0, 0.1) is 5.92 Å². The number of methoxy groups -OCH3 is 1. The van der Waals surface area contributed by atoms with Gasteiger partial charge in [-0.05, 0) is 36.5 Å². The lowest BCUT2D eigenvalue weighted by molar-refractivity contribution is 0.199. The lowest BCUT2D eigenvalue weighted by Crippen LogP contribution is -2.33. The smallest absolute Gasteiger partial charge is 0.0587 e. The molecule has 1 aliphatic heterocycles. The fourth-order valence-corrected chi connectivity index (χ4v) is 3.30. The van der Waals surface area contributed by atoms with E-state index in [0.29, 0.717) is 12.0 Å². The van der Waals surface area contributed by atoms with Gasteiger partial charge < -0.3 is 15.0 Å². The topological polar surface area (TPSA) is 24.5 Å². The zero-order valence-electron chi connectivity index (χ0n) is 13.4. The summed E-state index contributed by atoms with van der Waals surface area (Å²) in [5.74, 6) is 0.682. The maximum Gasteiger partial charge on any atom is 0.0587 e. The Hall–Kier alpha value is -0.770. The SMILES string of the molecule is COCCNCc1ccc(N2CCCC2C(C)C)cc1Cl. The first-order valence-electron chi connectivity index (χ1n) is 7.88. The summed E-state index contributed by atoms with van der Waals surface area (Å²) < 4.78 is 5.03. The monoisotopic (exact) mass is 310 g/mol. The van der Waals surface area contributed by atoms with Crippen molar-refractivity contribution in [2.24, 2.45) is 5.92 Å². The van der Waals surface area contributed by atoms with Crippen LogP contribution in [0.3, 0.4) is 0 Å². The van der Waals surface area contributed by atoms with Gasteiger partial charge in [0.2, 0.25) is 0 Å². The van der Waals surface area contributed by atoms with E-state index in [1.54, 1.807) is 7.11 Å². The average Bonchev–Trinajstić information content (AvgIpc) is 2.94. The quantitative estimate of drug-likeness (QED) is 0.777. The number of halogens is 1. The highest BCUT2D eigenvalue weighted by molar-refractivity contribution is 6.31. The van der Waals surface area contributed by atoms with Crippen LogP contribution < -0.4 is 10.2 Å². The molecule has 0 amide bonds. The van der Waals surface area contributed by atoms with Crippen LogP contribution in [0.1, 0.15) is 32.3 Å². The summed E-state index contributed by atoms with van der Waals surface area (Å²) in [5.41, 5.74) is 2.41. The van der Waals surface area contributed by atoms with E-state index < -0.39 is 0 Å². The number of benzene rings is 1. The van der Waals surface area contributed by atoms with E-state index in [1.807, 2.05) is 0 Å². The number of rotatable bonds is 7. The van der Waals surface area contributed by atoms with Crippen LogP contribution in [0.5, 0.6) is 0 Å². The van der Waals surface area contributed by atoms with Crippen molar-refractivity contribution in [1.82, 2.24) is 5.32 Å². The second-order valence-corrected chi connectivity index (χ2v) is 6.50. The largest absolute Gasteiger partial charge is 0.383 e. The summed E-state index contributed by atoms with van der Waals surface area (Å²) in [6.07, 6.45) is 2.57. The Kier molecular flexibility index (Phi) is 6.34. The van der Waals surface area contributed by atoms with Gasteiger partial charge in [0.1, 0.15) is 0 Å². The van der Waals surface area contributed by atoms with Crippen LogP contribution in [0.4, 0.5) is 5.69 Å². The Morgan fingerprint density at radius 1 is 1.43 bits per heavy atom. The number of hydrogen-bond acceptors (Lipinski definition) is 3. The molecule has 4 heteroatoms. The molecule has 0 radical (unpaired) electrons. The third kappa shape index (κ3) is 4.35. The van der Waals surface area contributed by atoms with Crippen LogP contribution >= 0.6 is 11.6 Å². The van der Waals surface area contributed by atoms with Crippen molar-refractivity contribution in [1.29, 1.82) is 0 Å². The highest BCUT2D eigenvalue weighted by Gasteiger charge is 2.27. The molecule has 2 rings (SSSR count). The molecule has 1 aromatic rings. The molecule has 0 spiro atoms. The van der Waals surface area contributed by atoms with Crippen LogP contribution in [-0.2, 0) is 11.3 Å². The Morgan fingerprint density at radius 3 is 2.90 bits per heavy atom. The molecule has 1 aliphatic rings. The summed E-state index contributed by atoms with van der Waals surface area (Å²) >= 11 is 6.45. The summed E-state index contributed by atoms with van der Waals surface area (Å²) in [5, 5.41) is 4.19. The molecule has 1 saturated heterocycles. The van der Waals surface area contributed by atoms with Gasteiger partial charge in [0.05, 0.1) is 6.61 Å². The first-order chi connectivity index (χ1) is 10.1. The molecule has 1 atom stereocenters. The third-order valence-corrected chi connectivity index (χ3v) is 4.59. The van der Waals surface area contributed by atoms with Crippen molar-refractivity contribution in [3.8, 4) is 0 Å². The summed E-state index contributed by atoms with van der Waals surface area (Å²) in [6.45, 7) is 8.10. The molecule has 0 aliphatic carbocycles. The molecule has 0 saturated carbocycles. The predicted octanol–water partition coefficient (Wildman–Crippen LogP) is 3.70.